The van der Waals surface area contributed by atoms with Crippen LogP contribution in [0.25, 0.3) is 0 Å². The van der Waals surface area contributed by atoms with E-state index in [1.165, 1.54) is 7.11 Å². The Balaban J connectivity index is 1.75. The lowest BCUT2D eigenvalue weighted by atomic mass is 9.97. The van der Waals surface area contributed by atoms with Crippen LogP contribution in [0.2, 0.25) is 0 Å². The highest BCUT2D eigenvalue weighted by Crippen LogP contribution is 2.18. The molecular weight excluding hydrogens is 260 g/mol. The highest BCUT2D eigenvalue weighted by atomic mass is 16.5. The van der Waals surface area contributed by atoms with Gasteiger partial charge in [0, 0.05) is 32.8 Å². The molecule has 2 aliphatic heterocycles. The summed E-state index contributed by atoms with van der Waals surface area (Å²) < 4.78 is 10.1. The predicted octanol–water partition coefficient (Wildman–Crippen LogP) is 0.120. The first-order valence-electron chi connectivity index (χ1n) is 7.36. The molecule has 114 valence electrons. The fourth-order valence-electron chi connectivity index (χ4n) is 2.78. The standard InChI is InChI=1S/C14H24N2O4/c1-19-14(18)12-3-6-16(7-4-12)13(17)11-15-5-2-9-20-10-8-15/h12H,2-11H2,1H3. The second-order valence-electron chi connectivity index (χ2n) is 5.42. The van der Waals surface area contributed by atoms with Crippen molar-refractivity contribution in [3.05, 3.63) is 0 Å². The minimum atomic E-state index is -0.151. The summed E-state index contributed by atoms with van der Waals surface area (Å²) >= 11 is 0. The average Bonchev–Trinajstić information content (AvgIpc) is 2.75. The molecule has 0 aromatic heterocycles. The summed E-state index contributed by atoms with van der Waals surface area (Å²) in [5, 5.41) is 0. The van der Waals surface area contributed by atoms with Crippen molar-refractivity contribution in [1.82, 2.24) is 9.80 Å². The number of carbonyl (C=O) groups excluding carboxylic acids is 2. The van der Waals surface area contributed by atoms with Gasteiger partial charge in [0.15, 0.2) is 0 Å². The van der Waals surface area contributed by atoms with Crippen LogP contribution in [-0.4, -0.2) is 74.7 Å². The normalized spacial score (nSPS) is 22.4. The number of methoxy groups -OCH3 is 1. The summed E-state index contributed by atoms with van der Waals surface area (Å²) in [5.41, 5.74) is 0. The molecule has 0 radical (unpaired) electrons. The third kappa shape index (κ3) is 4.18. The van der Waals surface area contributed by atoms with Gasteiger partial charge in [0.1, 0.15) is 0 Å². The van der Waals surface area contributed by atoms with E-state index in [1.54, 1.807) is 0 Å². The van der Waals surface area contributed by atoms with E-state index in [9.17, 15) is 9.59 Å². The third-order valence-corrected chi connectivity index (χ3v) is 4.06. The van der Waals surface area contributed by atoms with E-state index in [-0.39, 0.29) is 17.8 Å². The summed E-state index contributed by atoms with van der Waals surface area (Å²) in [6.45, 7) is 5.01. The molecule has 0 unspecified atom stereocenters. The number of carbonyl (C=O) groups is 2. The highest BCUT2D eigenvalue weighted by molar-refractivity contribution is 5.79. The fraction of sp³-hybridized carbons (Fsp3) is 0.857. The van der Waals surface area contributed by atoms with Gasteiger partial charge in [-0.1, -0.05) is 0 Å². The smallest absolute Gasteiger partial charge is 0.308 e. The Labute approximate surface area is 120 Å². The largest absolute Gasteiger partial charge is 0.469 e. The Hall–Kier alpha value is -1.14. The molecule has 1 amide bonds. The van der Waals surface area contributed by atoms with Gasteiger partial charge in [0.2, 0.25) is 5.91 Å². The van der Waals surface area contributed by atoms with Crippen molar-refractivity contribution in [2.24, 2.45) is 5.92 Å². The molecule has 0 aromatic rings. The van der Waals surface area contributed by atoms with Crippen molar-refractivity contribution in [2.75, 3.05) is 53.0 Å². The van der Waals surface area contributed by atoms with Crippen molar-refractivity contribution >= 4 is 11.9 Å². The summed E-state index contributed by atoms with van der Waals surface area (Å²) in [5.74, 6) is -0.0346. The monoisotopic (exact) mass is 284 g/mol. The van der Waals surface area contributed by atoms with Gasteiger partial charge in [-0.15, -0.1) is 0 Å². The molecule has 0 aliphatic carbocycles. The molecule has 6 nitrogen and oxygen atoms in total. The quantitative estimate of drug-likeness (QED) is 0.689. The lowest BCUT2D eigenvalue weighted by Gasteiger charge is -2.32. The van der Waals surface area contributed by atoms with E-state index < -0.39 is 0 Å². The van der Waals surface area contributed by atoms with Gasteiger partial charge in [-0.3, -0.25) is 14.5 Å². The van der Waals surface area contributed by atoms with Crippen LogP contribution in [0.1, 0.15) is 19.3 Å². The number of esters is 1. The van der Waals surface area contributed by atoms with E-state index in [4.69, 9.17) is 9.47 Å². The molecule has 0 N–H and O–H groups in total. The Kier molecular flexibility index (Phi) is 5.79. The zero-order valence-corrected chi connectivity index (χ0v) is 12.2. The lowest BCUT2D eigenvalue weighted by Crippen LogP contribution is -2.45. The van der Waals surface area contributed by atoms with Crippen LogP contribution < -0.4 is 0 Å². The number of rotatable bonds is 3. The van der Waals surface area contributed by atoms with Crippen molar-refractivity contribution in [3.63, 3.8) is 0 Å². The van der Waals surface area contributed by atoms with Crippen molar-refractivity contribution in [3.8, 4) is 0 Å². The Morgan fingerprint density at radius 2 is 1.90 bits per heavy atom. The number of ether oxygens (including phenoxy) is 2. The molecule has 2 aliphatic rings. The first-order chi connectivity index (χ1) is 9.70. The maximum atomic E-state index is 12.3. The maximum absolute atomic E-state index is 12.3. The van der Waals surface area contributed by atoms with E-state index in [2.05, 4.69) is 4.90 Å². The van der Waals surface area contributed by atoms with Gasteiger partial charge in [0.05, 0.1) is 26.2 Å². The van der Waals surface area contributed by atoms with Crippen LogP contribution in [0, 0.1) is 5.92 Å². The molecule has 2 rings (SSSR count). The van der Waals surface area contributed by atoms with Crippen molar-refractivity contribution in [2.45, 2.75) is 19.3 Å². The molecule has 2 heterocycles. The number of hydrogen-bond acceptors (Lipinski definition) is 5. The zero-order valence-electron chi connectivity index (χ0n) is 12.2. The number of piperidine rings is 1. The third-order valence-electron chi connectivity index (χ3n) is 4.06. The second-order valence-corrected chi connectivity index (χ2v) is 5.42. The van der Waals surface area contributed by atoms with Crippen LogP contribution in [0.3, 0.4) is 0 Å². The van der Waals surface area contributed by atoms with Crippen molar-refractivity contribution in [1.29, 1.82) is 0 Å². The van der Waals surface area contributed by atoms with Gasteiger partial charge < -0.3 is 14.4 Å². The lowest BCUT2D eigenvalue weighted by molar-refractivity contribution is -0.149. The molecule has 2 fully saturated rings. The first kappa shape index (κ1) is 15.3. The van der Waals surface area contributed by atoms with Gasteiger partial charge in [-0.05, 0) is 19.3 Å². The van der Waals surface area contributed by atoms with E-state index in [1.807, 2.05) is 4.90 Å². The van der Waals surface area contributed by atoms with E-state index >= 15 is 0 Å². The Bertz CT molecular complexity index is 332. The van der Waals surface area contributed by atoms with E-state index in [0.717, 1.165) is 26.1 Å². The second kappa shape index (κ2) is 7.59. The SMILES string of the molecule is COC(=O)C1CCN(C(=O)CN2CCCOCC2)CC1. The summed E-state index contributed by atoms with van der Waals surface area (Å²) in [6, 6.07) is 0. The zero-order chi connectivity index (χ0) is 14.4. The molecule has 0 saturated carbocycles. The topological polar surface area (TPSA) is 59.1 Å². The number of amides is 1. The summed E-state index contributed by atoms with van der Waals surface area (Å²) in [6.07, 6.45) is 2.40. The predicted molar refractivity (Wildman–Crippen MR) is 73.2 cm³/mol. The first-order valence-corrected chi connectivity index (χ1v) is 7.36. The minimum absolute atomic E-state index is 0.0457. The van der Waals surface area contributed by atoms with E-state index in [0.29, 0.717) is 39.1 Å². The Morgan fingerprint density at radius 1 is 1.15 bits per heavy atom. The summed E-state index contributed by atoms with van der Waals surface area (Å²) in [4.78, 5) is 27.7. The molecule has 0 spiro atoms. The van der Waals surface area contributed by atoms with Crippen molar-refractivity contribution < 1.29 is 19.1 Å². The van der Waals surface area contributed by atoms with Gasteiger partial charge in [-0.25, -0.2) is 0 Å². The molecule has 0 bridgehead atoms. The fourth-order valence-corrected chi connectivity index (χ4v) is 2.78. The number of likely N-dealkylation sites (tertiary alicyclic amines) is 1. The minimum Gasteiger partial charge on any atom is -0.469 e. The van der Waals surface area contributed by atoms with Gasteiger partial charge in [0.25, 0.3) is 0 Å². The van der Waals surface area contributed by atoms with Gasteiger partial charge >= 0.3 is 5.97 Å². The molecule has 2 saturated heterocycles. The molecule has 6 heteroatoms. The average molecular weight is 284 g/mol. The molecular formula is C14H24N2O4. The van der Waals surface area contributed by atoms with Crippen LogP contribution in [0.5, 0.6) is 0 Å². The summed E-state index contributed by atoms with van der Waals surface area (Å²) in [7, 11) is 1.42. The number of hydrogen-bond donors (Lipinski definition) is 0. The van der Waals surface area contributed by atoms with Crippen LogP contribution in [-0.2, 0) is 19.1 Å². The number of nitrogens with zero attached hydrogens (tertiary/aromatic N) is 2. The Morgan fingerprint density at radius 3 is 2.60 bits per heavy atom. The molecule has 0 atom stereocenters. The molecule has 0 aromatic carbocycles. The van der Waals surface area contributed by atoms with Gasteiger partial charge in [-0.2, -0.15) is 0 Å². The molecule has 20 heavy (non-hydrogen) atoms. The van der Waals surface area contributed by atoms with Crippen LogP contribution in [0.15, 0.2) is 0 Å². The van der Waals surface area contributed by atoms with Crippen LogP contribution >= 0.6 is 0 Å². The maximum Gasteiger partial charge on any atom is 0.308 e. The van der Waals surface area contributed by atoms with Crippen LogP contribution in [0.4, 0.5) is 0 Å². The highest BCUT2D eigenvalue weighted by Gasteiger charge is 2.28.